The zero-order valence-electron chi connectivity index (χ0n) is 13.8. The second-order valence-corrected chi connectivity index (χ2v) is 6.35. The van der Waals surface area contributed by atoms with Crippen molar-refractivity contribution in [1.82, 2.24) is 9.80 Å². The molecule has 24 heavy (non-hydrogen) atoms. The average molecular weight is 342 g/mol. The monoisotopic (exact) mass is 342 g/mol. The van der Waals surface area contributed by atoms with Gasteiger partial charge in [0, 0.05) is 32.6 Å². The van der Waals surface area contributed by atoms with Crippen LogP contribution >= 0.6 is 0 Å². The highest BCUT2D eigenvalue weighted by molar-refractivity contribution is 5.94. The van der Waals surface area contributed by atoms with E-state index in [4.69, 9.17) is 0 Å². The van der Waals surface area contributed by atoms with Gasteiger partial charge < -0.3 is 9.80 Å². The minimum absolute atomic E-state index is 0.0262. The summed E-state index contributed by atoms with van der Waals surface area (Å²) in [5, 5.41) is 0. The van der Waals surface area contributed by atoms with E-state index in [0.29, 0.717) is 32.5 Å². The number of carbonyl (C=O) groups excluding carboxylic acids is 2. The molecule has 0 saturated carbocycles. The van der Waals surface area contributed by atoms with Gasteiger partial charge in [-0.15, -0.1) is 0 Å². The van der Waals surface area contributed by atoms with Crippen molar-refractivity contribution in [2.75, 3.05) is 26.2 Å². The normalized spacial score (nSPS) is 15.6. The van der Waals surface area contributed by atoms with E-state index in [1.54, 1.807) is 4.90 Å². The second-order valence-electron chi connectivity index (χ2n) is 6.35. The van der Waals surface area contributed by atoms with Gasteiger partial charge in [-0.2, -0.15) is 0 Å². The topological polar surface area (TPSA) is 40.6 Å². The maximum absolute atomic E-state index is 13.8. The number of hydrogen-bond donors (Lipinski definition) is 0. The lowest BCUT2D eigenvalue weighted by molar-refractivity contribution is -0.131. The van der Waals surface area contributed by atoms with E-state index in [0.717, 1.165) is 12.1 Å². The van der Waals surface area contributed by atoms with Gasteiger partial charge in [0.25, 0.3) is 5.91 Å². The highest BCUT2D eigenvalue weighted by Crippen LogP contribution is 2.18. The summed E-state index contributed by atoms with van der Waals surface area (Å²) >= 11 is 0. The number of benzene rings is 1. The van der Waals surface area contributed by atoms with Gasteiger partial charge in [0.2, 0.25) is 5.91 Å². The number of carbonyl (C=O) groups is 2. The standard InChI is InChI=1S/C17H21F3N2O2/c1-11(2)10-14(23)21-6-3-7-22(9-8-21)17(24)12-4-5-13(18)16(20)15(12)19/h4-5,11H,3,6-10H2,1-2H3. The molecule has 1 aliphatic heterocycles. The van der Waals surface area contributed by atoms with Crippen molar-refractivity contribution >= 4 is 11.8 Å². The first-order chi connectivity index (χ1) is 11.3. The van der Waals surface area contributed by atoms with Crippen LogP contribution in [0.25, 0.3) is 0 Å². The average Bonchev–Trinajstić information content (AvgIpc) is 2.77. The summed E-state index contributed by atoms with van der Waals surface area (Å²) in [6.45, 7) is 5.36. The molecular formula is C17H21F3N2O2. The summed E-state index contributed by atoms with van der Waals surface area (Å²) in [4.78, 5) is 27.6. The molecule has 0 unspecified atom stereocenters. The summed E-state index contributed by atoms with van der Waals surface area (Å²) < 4.78 is 40.1. The van der Waals surface area contributed by atoms with Gasteiger partial charge in [-0.1, -0.05) is 13.8 Å². The zero-order chi connectivity index (χ0) is 17.9. The van der Waals surface area contributed by atoms with Gasteiger partial charge in [0.05, 0.1) is 5.56 Å². The fourth-order valence-electron chi connectivity index (χ4n) is 2.71. The summed E-state index contributed by atoms with van der Waals surface area (Å²) in [5.41, 5.74) is -0.490. The Morgan fingerprint density at radius 1 is 1.00 bits per heavy atom. The van der Waals surface area contributed by atoms with Crippen LogP contribution in [-0.4, -0.2) is 47.8 Å². The second kappa shape index (κ2) is 7.68. The van der Waals surface area contributed by atoms with Crippen LogP contribution in [0.3, 0.4) is 0 Å². The third-order valence-electron chi connectivity index (χ3n) is 3.98. The lowest BCUT2D eigenvalue weighted by atomic mass is 10.1. The number of rotatable bonds is 3. The van der Waals surface area contributed by atoms with Crippen LogP contribution in [0.5, 0.6) is 0 Å². The maximum Gasteiger partial charge on any atom is 0.257 e. The van der Waals surface area contributed by atoms with Crippen molar-refractivity contribution in [1.29, 1.82) is 0 Å². The molecule has 0 aliphatic carbocycles. The lowest BCUT2D eigenvalue weighted by Crippen LogP contribution is -2.38. The van der Waals surface area contributed by atoms with E-state index in [9.17, 15) is 22.8 Å². The van der Waals surface area contributed by atoms with Crippen LogP contribution in [-0.2, 0) is 4.79 Å². The maximum atomic E-state index is 13.8. The Labute approximate surface area is 139 Å². The fraction of sp³-hybridized carbons (Fsp3) is 0.529. The molecule has 0 spiro atoms. The smallest absolute Gasteiger partial charge is 0.257 e. The molecule has 4 nitrogen and oxygen atoms in total. The summed E-state index contributed by atoms with van der Waals surface area (Å²) in [7, 11) is 0. The van der Waals surface area contributed by atoms with Crippen molar-refractivity contribution < 1.29 is 22.8 Å². The Balaban J connectivity index is 2.07. The summed E-state index contributed by atoms with van der Waals surface area (Å²) in [6.07, 6.45) is 0.993. The first-order valence-corrected chi connectivity index (χ1v) is 8.01. The van der Waals surface area contributed by atoms with Crippen molar-refractivity contribution in [3.8, 4) is 0 Å². The van der Waals surface area contributed by atoms with Gasteiger partial charge in [0.1, 0.15) is 0 Å². The SMILES string of the molecule is CC(C)CC(=O)N1CCCN(C(=O)c2ccc(F)c(F)c2F)CC1. The minimum atomic E-state index is -1.65. The van der Waals surface area contributed by atoms with E-state index in [-0.39, 0.29) is 18.4 Å². The van der Waals surface area contributed by atoms with Gasteiger partial charge >= 0.3 is 0 Å². The highest BCUT2D eigenvalue weighted by atomic mass is 19.2. The number of nitrogens with zero attached hydrogens (tertiary/aromatic N) is 2. The van der Waals surface area contributed by atoms with Gasteiger partial charge in [-0.25, -0.2) is 13.2 Å². The number of hydrogen-bond acceptors (Lipinski definition) is 2. The Morgan fingerprint density at radius 2 is 1.62 bits per heavy atom. The molecule has 2 amide bonds. The molecule has 1 saturated heterocycles. The van der Waals surface area contributed by atoms with E-state index < -0.39 is 28.9 Å². The van der Waals surface area contributed by atoms with Crippen molar-refractivity contribution in [3.63, 3.8) is 0 Å². The quantitative estimate of drug-likeness (QED) is 0.793. The van der Waals surface area contributed by atoms with Crippen molar-refractivity contribution in [2.24, 2.45) is 5.92 Å². The fourth-order valence-corrected chi connectivity index (χ4v) is 2.71. The Kier molecular flexibility index (Phi) is 5.85. The molecule has 0 atom stereocenters. The molecule has 132 valence electrons. The van der Waals surface area contributed by atoms with Gasteiger partial charge in [-0.3, -0.25) is 9.59 Å². The van der Waals surface area contributed by atoms with Crippen molar-refractivity contribution in [2.45, 2.75) is 26.7 Å². The van der Waals surface area contributed by atoms with Crippen LogP contribution in [0.2, 0.25) is 0 Å². The summed E-state index contributed by atoms with van der Waals surface area (Å²) in [5.74, 6) is -4.87. The first-order valence-electron chi connectivity index (χ1n) is 8.01. The van der Waals surface area contributed by atoms with Crippen LogP contribution in [0.15, 0.2) is 12.1 Å². The van der Waals surface area contributed by atoms with Crippen LogP contribution in [0.4, 0.5) is 13.2 Å². The molecule has 1 aliphatic rings. The predicted octanol–water partition coefficient (Wildman–Crippen LogP) is 2.82. The molecule has 1 fully saturated rings. The van der Waals surface area contributed by atoms with Crippen LogP contribution < -0.4 is 0 Å². The van der Waals surface area contributed by atoms with E-state index in [1.165, 1.54) is 4.90 Å². The van der Waals surface area contributed by atoms with E-state index >= 15 is 0 Å². The lowest BCUT2D eigenvalue weighted by Gasteiger charge is -2.23. The van der Waals surface area contributed by atoms with Gasteiger partial charge in [-0.05, 0) is 24.5 Å². The molecular weight excluding hydrogens is 321 g/mol. The summed E-state index contributed by atoms with van der Waals surface area (Å²) in [6, 6.07) is 1.69. The Hall–Kier alpha value is -2.05. The molecule has 0 radical (unpaired) electrons. The molecule has 0 bridgehead atoms. The molecule has 2 rings (SSSR count). The largest absolute Gasteiger partial charge is 0.341 e. The molecule has 1 heterocycles. The third kappa shape index (κ3) is 4.07. The third-order valence-corrected chi connectivity index (χ3v) is 3.98. The first kappa shape index (κ1) is 18.3. The molecule has 7 heteroatoms. The van der Waals surface area contributed by atoms with Crippen molar-refractivity contribution in [3.05, 3.63) is 35.1 Å². The molecule has 0 aromatic heterocycles. The highest BCUT2D eigenvalue weighted by Gasteiger charge is 2.26. The Bertz CT molecular complexity index is 635. The number of halogens is 3. The van der Waals surface area contributed by atoms with Crippen LogP contribution in [0.1, 0.15) is 37.0 Å². The van der Waals surface area contributed by atoms with Crippen LogP contribution in [0, 0.1) is 23.4 Å². The zero-order valence-corrected chi connectivity index (χ0v) is 13.8. The molecule has 1 aromatic rings. The number of amides is 2. The van der Waals surface area contributed by atoms with Gasteiger partial charge in [0.15, 0.2) is 17.5 Å². The predicted molar refractivity (Wildman–Crippen MR) is 82.9 cm³/mol. The Morgan fingerprint density at radius 3 is 2.29 bits per heavy atom. The molecule has 0 N–H and O–H groups in total. The van der Waals surface area contributed by atoms with E-state index in [2.05, 4.69) is 0 Å². The minimum Gasteiger partial charge on any atom is -0.341 e. The molecule has 1 aromatic carbocycles. The van der Waals surface area contributed by atoms with E-state index in [1.807, 2.05) is 13.8 Å².